The van der Waals surface area contributed by atoms with Crippen LogP contribution in [0.2, 0.25) is 0 Å². The summed E-state index contributed by atoms with van der Waals surface area (Å²) < 4.78 is 17.2. The van der Waals surface area contributed by atoms with Crippen LogP contribution in [-0.4, -0.2) is 109 Å². The Morgan fingerprint density at radius 3 is 2.38 bits per heavy atom. The number of nitrogens with one attached hydrogen (secondary N) is 2. The number of rotatable bonds is 18. The lowest BCUT2D eigenvalue weighted by Gasteiger charge is -2.40. The number of amides is 4. The number of methoxy groups -OCH3 is 2. The minimum atomic E-state index is -1.03. The van der Waals surface area contributed by atoms with Crippen LogP contribution in [0.25, 0.3) is 0 Å². The molecule has 3 rings (SSSR count). The summed E-state index contributed by atoms with van der Waals surface area (Å²) in [5.41, 5.74) is 6.64. The van der Waals surface area contributed by atoms with Gasteiger partial charge in [-0.25, -0.2) is 9.78 Å². The first kappa shape index (κ1) is 42.8. The van der Waals surface area contributed by atoms with Gasteiger partial charge in [-0.3, -0.25) is 14.4 Å². The van der Waals surface area contributed by atoms with Crippen LogP contribution in [0.4, 0.5) is 4.79 Å². The van der Waals surface area contributed by atoms with Gasteiger partial charge in [-0.1, -0.05) is 57.5 Å². The van der Waals surface area contributed by atoms with Crippen molar-refractivity contribution >= 4 is 35.2 Å². The number of likely N-dealkylation sites (N-methyl/N-ethyl adjacent to an activating group) is 1. The fourth-order valence-electron chi connectivity index (χ4n) is 6.92. The van der Waals surface area contributed by atoms with Crippen molar-refractivity contribution in [1.29, 1.82) is 0 Å². The summed E-state index contributed by atoms with van der Waals surface area (Å²) in [4.78, 5) is 61.5. The molecule has 14 heteroatoms. The van der Waals surface area contributed by atoms with Gasteiger partial charge in [0.25, 0.3) is 0 Å². The second kappa shape index (κ2) is 20.0. The molecular formula is C38H60N6O7S. The van der Waals surface area contributed by atoms with Crippen molar-refractivity contribution in [2.24, 2.45) is 17.6 Å². The molecule has 1 aromatic carbocycles. The maximum Gasteiger partial charge on any atom is 0.407 e. The lowest BCUT2D eigenvalue weighted by atomic mass is 9.90. The second-order valence-electron chi connectivity index (χ2n) is 14.7. The van der Waals surface area contributed by atoms with Crippen LogP contribution in [0.5, 0.6) is 0 Å². The predicted molar refractivity (Wildman–Crippen MR) is 201 cm³/mol. The molecule has 0 aliphatic carbocycles. The van der Waals surface area contributed by atoms with Crippen molar-refractivity contribution in [2.45, 2.75) is 116 Å². The number of nitrogens with zero attached hydrogens (tertiary/aromatic N) is 3. The maximum atomic E-state index is 14.1. The Kier molecular flexibility index (Phi) is 16.5. The fourth-order valence-corrected chi connectivity index (χ4v) is 7.61. The summed E-state index contributed by atoms with van der Waals surface area (Å²) in [6, 6.07) is 7.83. The first-order chi connectivity index (χ1) is 24.6. The zero-order valence-electron chi connectivity index (χ0n) is 32.3. The zero-order chi connectivity index (χ0) is 38.6. The Labute approximate surface area is 313 Å². The lowest BCUT2D eigenvalue weighted by Crippen LogP contribution is -2.57. The van der Waals surface area contributed by atoms with E-state index in [4.69, 9.17) is 19.9 Å². The molecule has 1 aromatic heterocycles. The third-order valence-electron chi connectivity index (χ3n) is 9.79. The van der Waals surface area contributed by atoms with E-state index in [1.54, 1.807) is 46.0 Å². The normalized spacial score (nSPS) is 18.7. The van der Waals surface area contributed by atoms with Crippen molar-refractivity contribution in [1.82, 2.24) is 25.4 Å². The van der Waals surface area contributed by atoms with Gasteiger partial charge in [-0.2, -0.15) is 0 Å². The van der Waals surface area contributed by atoms with E-state index in [1.165, 1.54) is 23.3 Å². The number of carbonyl (C=O) groups is 4. The number of likely N-dealkylation sites (tertiary alicyclic amines) is 1. The number of ether oxygens (including phenoxy) is 3. The lowest BCUT2D eigenvalue weighted by molar-refractivity contribution is -0.146. The molecule has 0 spiro atoms. The van der Waals surface area contributed by atoms with Crippen LogP contribution < -0.4 is 16.4 Å². The molecule has 4 amide bonds. The van der Waals surface area contributed by atoms with Crippen LogP contribution in [0.15, 0.2) is 41.9 Å². The van der Waals surface area contributed by atoms with Gasteiger partial charge in [0.1, 0.15) is 16.7 Å². The van der Waals surface area contributed by atoms with Gasteiger partial charge in [-0.05, 0) is 51.5 Å². The maximum absolute atomic E-state index is 14.1. The topological polar surface area (TPSA) is 165 Å². The van der Waals surface area contributed by atoms with E-state index in [9.17, 15) is 19.2 Å². The SMILES string of the molecule is CC[C@H](C)[C@@H]([C@@H](CC(=O)N1CCC[C@H]1[C@H](OC)[C@@H](C)C(=O)N[C@@H](Cc1ccccc1)c1nccs1)OC)N(C)C(=O)[C@@H](N)CNC(=O)OC(C)(C)C. The van der Waals surface area contributed by atoms with Crippen molar-refractivity contribution in [3.05, 3.63) is 52.5 Å². The minimum absolute atomic E-state index is 0.0191. The molecule has 13 nitrogen and oxygen atoms in total. The minimum Gasteiger partial charge on any atom is -0.444 e. The molecule has 0 bridgehead atoms. The molecule has 0 unspecified atom stereocenters. The van der Waals surface area contributed by atoms with Crippen molar-refractivity contribution in [3.63, 3.8) is 0 Å². The monoisotopic (exact) mass is 744 g/mol. The van der Waals surface area contributed by atoms with Gasteiger partial charge in [0.15, 0.2) is 0 Å². The average molecular weight is 745 g/mol. The van der Waals surface area contributed by atoms with Crippen molar-refractivity contribution in [3.8, 4) is 0 Å². The molecule has 8 atom stereocenters. The van der Waals surface area contributed by atoms with Crippen molar-refractivity contribution < 1.29 is 33.4 Å². The Morgan fingerprint density at radius 1 is 1.12 bits per heavy atom. The highest BCUT2D eigenvalue weighted by Gasteiger charge is 2.42. The zero-order valence-corrected chi connectivity index (χ0v) is 33.1. The van der Waals surface area contributed by atoms with Crippen LogP contribution in [0, 0.1) is 11.8 Å². The second-order valence-corrected chi connectivity index (χ2v) is 15.6. The van der Waals surface area contributed by atoms with E-state index in [0.717, 1.165) is 23.4 Å². The molecule has 290 valence electrons. The number of hydrogen-bond donors (Lipinski definition) is 3. The van der Waals surface area contributed by atoms with Gasteiger partial charge in [0.05, 0.1) is 42.7 Å². The van der Waals surface area contributed by atoms with Gasteiger partial charge < -0.3 is 40.4 Å². The molecule has 0 radical (unpaired) electrons. The number of benzene rings is 1. The highest BCUT2D eigenvalue weighted by molar-refractivity contribution is 7.09. The third-order valence-corrected chi connectivity index (χ3v) is 10.7. The number of carbonyl (C=O) groups excluding carboxylic acids is 4. The first-order valence-electron chi connectivity index (χ1n) is 18.2. The van der Waals surface area contributed by atoms with E-state index in [-0.39, 0.29) is 42.8 Å². The van der Waals surface area contributed by atoms with Crippen molar-refractivity contribution in [2.75, 3.05) is 34.4 Å². The summed E-state index contributed by atoms with van der Waals surface area (Å²) >= 11 is 1.50. The van der Waals surface area contributed by atoms with Gasteiger partial charge in [0.2, 0.25) is 17.7 Å². The van der Waals surface area contributed by atoms with Crippen LogP contribution in [-0.2, 0) is 35.0 Å². The molecule has 2 aromatic rings. The highest BCUT2D eigenvalue weighted by atomic mass is 32.1. The molecule has 1 aliphatic rings. The van der Waals surface area contributed by atoms with Gasteiger partial charge in [-0.15, -0.1) is 11.3 Å². The number of hydrogen-bond acceptors (Lipinski definition) is 10. The molecule has 1 fully saturated rings. The molecular weight excluding hydrogens is 685 g/mol. The van der Waals surface area contributed by atoms with E-state index in [0.29, 0.717) is 19.4 Å². The molecule has 52 heavy (non-hydrogen) atoms. The van der Waals surface area contributed by atoms with E-state index >= 15 is 0 Å². The Morgan fingerprint density at radius 2 is 1.81 bits per heavy atom. The quantitative estimate of drug-likeness (QED) is 0.202. The number of thiazole rings is 1. The fraction of sp³-hybridized carbons (Fsp3) is 0.658. The highest BCUT2D eigenvalue weighted by Crippen LogP contribution is 2.30. The third kappa shape index (κ3) is 12.0. The number of alkyl carbamates (subject to hydrolysis) is 1. The Balaban J connectivity index is 1.71. The standard InChI is InChI=1S/C38H60N6O7S/c1-10-24(2)32(43(7)36(47)27(39)23-41-37(48)51-38(4,5)6)30(49-8)22-31(45)44-19-14-17-29(44)33(50-9)25(3)34(46)42-28(35-40-18-20-52-35)21-26-15-12-11-13-16-26/h11-13,15-16,18,20,24-25,27-30,32-33H,10,14,17,19,21-23,39H2,1-9H3,(H,41,48)(H,42,46)/t24-,25+,27-,28-,29-,30+,32-,33+/m0/s1. The van der Waals surface area contributed by atoms with Crippen LogP contribution in [0.3, 0.4) is 0 Å². The molecule has 0 saturated carbocycles. The summed E-state index contributed by atoms with van der Waals surface area (Å²) in [7, 11) is 4.77. The number of aromatic nitrogens is 1. The van der Waals surface area contributed by atoms with E-state index < -0.39 is 47.8 Å². The van der Waals surface area contributed by atoms with Gasteiger partial charge in [0, 0.05) is 45.9 Å². The van der Waals surface area contributed by atoms with Gasteiger partial charge >= 0.3 is 6.09 Å². The summed E-state index contributed by atoms with van der Waals surface area (Å²) in [5.74, 6) is -1.31. The largest absolute Gasteiger partial charge is 0.444 e. The molecule has 1 saturated heterocycles. The molecule has 4 N–H and O–H groups in total. The molecule has 2 heterocycles. The van der Waals surface area contributed by atoms with Crippen LogP contribution >= 0.6 is 11.3 Å². The predicted octanol–water partition coefficient (Wildman–Crippen LogP) is 4.32. The summed E-state index contributed by atoms with van der Waals surface area (Å²) in [6.07, 6.45) is 2.68. The number of nitrogens with two attached hydrogens (primary N) is 1. The van der Waals surface area contributed by atoms with E-state index in [2.05, 4.69) is 15.6 Å². The summed E-state index contributed by atoms with van der Waals surface area (Å²) in [5, 5.41) is 8.49. The average Bonchev–Trinajstić information content (AvgIpc) is 3.83. The molecule has 1 aliphatic heterocycles. The Bertz CT molecular complexity index is 1420. The van der Waals surface area contributed by atoms with Crippen LogP contribution in [0.1, 0.15) is 83.8 Å². The Hall–Kier alpha value is -3.59. The smallest absolute Gasteiger partial charge is 0.407 e. The summed E-state index contributed by atoms with van der Waals surface area (Å²) in [6.45, 7) is 11.5. The first-order valence-corrected chi connectivity index (χ1v) is 19.1. The van der Waals surface area contributed by atoms with E-state index in [1.807, 2.05) is 56.5 Å².